The van der Waals surface area contributed by atoms with Crippen LogP contribution in [-0.4, -0.2) is 64.2 Å². The van der Waals surface area contributed by atoms with Gasteiger partial charge < -0.3 is 14.6 Å². The normalized spacial score (nSPS) is 21.1. The Bertz CT molecular complexity index is 1220. The van der Waals surface area contributed by atoms with Crippen molar-refractivity contribution >= 4 is 37.4 Å². The molecule has 0 aliphatic carbocycles. The van der Waals surface area contributed by atoms with E-state index >= 15 is 0 Å². The molecule has 0 saturated carbocycles. The molecule has 2 saturated heterocycles. The van der Waals surface area contributed by atoms with Crippen LogP contribution in [0.25, 0.3) is 0 Å². The number of nitrogens with one attached hydrogen (secondary N) is 2. The maximum Gasteiger partial charge on any atom is 0.289 e. The van der Waals surface area contributed by atoms with Gasteiger partial charge in [0.2, 0.25) is 15.9 Å². The van der Waals surface area contributed by atoms with Crippen molar-refractivity contribution in [2.24, 2.45) is 5.92 Å². The number of sulfone groups is 1. The van der Waals surface area contributed by atoms with Crippen LogP contribution in [0.2, 0.25) is 0 Å². The lowest BCUT2D eigenvalue weighted by Gasteiger charge is -2.30. The molecule has 0 spiro atoms. The quantitative estimate of drug-likeness (QED) is 0.614. The minimum absolute atomic E-state index is 0.00505. The third kappa shape index (κ3) is 5.63. The van der Waals surface area contributed by atoms with Gasteiger partial charge in [0.15, 0.2) is 15.6 Å². The van der Waals surface area contributed by atoms with Crippen molar-refractivity contribution in [2.75, 3.05) is 29.9 Å². The average molecular weight is 496 g/mol. The van der Waals surface area contributed by atoms with Crippen LogP contribution in [-0.2, 0) is 24.7 Å². The van der Waals surface area contributed by atoms with Crippen molar-refractivity contribution < 1.29 is 30.8 Å². The van der Waals surface area contributed by atoms with Crippen molar-refractivity contribution in [1.29, 1.82) is 0 Å². The van der Waals surface area contributed by atoms with Gasteiger partial charge in [0.25, 0.3) is 5.91 Å². The van der Waals surface area contributed by atoms with Gasteiger partial charge in [0, 0.05) is 30.7 Å². The van der Waals surface area contributed by atoms with E-state index in [1.165, 1.54) is 30.5 Å². The number of rotatable bonds is 6. The first-order chi connectivity index (χ1) is 15.6. The Kier molecular flexibility index (Phi) is 6.59. The molecule has 4 rings (SSSR count). The second-order valence-electron chi connectivity index (χ2n) is 8.28. The summed E-state index contributed by atoms with van der Waals surface area (Å²) in [4.78, 5) is 26.6. The summed E-state index contributed by atoms with van der Waals surface area (Å²) >= 11 is 0. The zero-order valence-electron chi connectivity index (χ0n) is 17.8. The van der Waals surface area contributed by atoms with Crippen LogP contribution in [0.4, 0.5) is 5.69 Å². The van der Waals surface area contributed by atoms with E-state index in [1.807, 2.05) is 0 Å². The van der Waals surface area contributed by atoms with E-state index in [2.05, 4.69) is 10.0 Å². The van der Waals surface area contributed by atoms with Crippen LogP contribution in [0, 0.1) is 5.92 Å². The fourth-order valence-electron chi connectivity index (χ4n) is 4.04. The molecule has 10 nitrogen and oxygen atoms in total. The van der Waals surface area contributed by atoms with Crippen molar-refractivity contribution in [2.45, 2.75) is 30.2 Å². The number of amides is 2. The highest BCUT2D eigenvalue weighted by molar-refractivity contribution is 7.92. The van der Waals surface area contributed by atoms with Crippen molar-refractivity contribution in [3.8, 4) is 0 Å². The number of sulfonamides is 1. The number of hydrogen-bond acceptors (Lipinski definition) is 7. The van der Waals surface area contributed by atoms with Crippen molar-refractivity contribution in [1.82, 2.24) is 9.62 Å². The van der Waals surface area contributed by atoms with Gasteiger partial charge in [-0.15, -0.1) is 0 Å². The maximum atomic E-state index is 12.6. The molecule has 178 valence electrons. The zero-order chi connectivity index (χ0) is 23.6. The molecule has 2 N–H and O–H groups in total. The Morgan fingerprint density at radius 1 is 1.03 bits per heavy atom. The molecule has 2 aliphatic rings. The monoisotopic (exact) mass is 495 g/mol. The summed E-state index contributed by atoms with van der Waals surface area (Å²) in [5.74, 6) is -0.602. The van der Waals surface area contributed by atoms with E-state index in [0.717, 1.165) is 0 Å². The maximum absolute atomic E-state index is 12.6. The summed E-state index contributed by atoms with van der Waals surface area (Å²) in [5, 5.41) is 2.79. The van der Waals surface area contributed by atoms with Gasteiger partial charge >= 0.3 is 0 Å². The van der Waals surface area contributed by atoms with Crippen LogP contribution in [0.1, 0.15) is 29.8 Å². The van der Waals surface area contributed by atoms with E-state index in [0.29, 0.717) is 31.6 Å². The Hall–Kier alpha value is -2.70. The van der Waals surface area contributed by atoms with Crippen molar-refractivity contribution in [3.05, 3.63) is 48.4 Å². The third-order valence-corrected chi connectivity index (χ3v) is 9.18. The predicted molar refractivity (Wildman–Crippen MR) is 120 cm³/mol. The minimum atomic E-state index is -3.86. The van der Waals surface area contributed by atoms with Gasteiger partial charge in [0.05, 0.1) is 22.7 Å². The standard InChI is InChI=1S/C21H25N3O7S2/c25-20(15-7-10-24(11-8-15)21(26)19-2-1-12-31-19)22-16-3-5-18(6-4-16)33(29,30)23-17-9-13-32(27,28)14-17/h1-6,12,15,17,23H,7-11,13-14H2,(H,22,25)/t17-/m1/s1. The van der Waals surface area contributed by atoms with Crippen LogP contribution < -0.4 is 10.0 Å². The molecule has 1 aromatic carbocycles. The highest BCUT2D eigenvalue weighted by atomic mass is 32.2. The van der Waals surface area contributed by atoms with Crippen LogP contribution >= 0.6 is 0 Å². The first kappa shape index (κ1) is 23.5. The lowest BCUT2D eigenvalue weighted by Crippen LogP contribution is -2.41. The van der Waals surface area contributed by atoms with E-state index in [1.54, 1.807) is 17.0 Å². The molecule has 2 aliphatic heterocycles. The summed E-state index contributed by atoms with van der Waals surface area (Å²) in [6.07, 6.45) is 2.72. The molecule has 0 radical (unpaired) electrons. The summed E-state index contributed by atoms with van der Waals surface area (Å²) < 4.78 is 55.7. The second kappa shape index (κ2) is 9.27. The van der Waals surface area contributed by atoms with E-state index < -0.39 is 25.9 Å². The lowest BCUT2D eigenvalue weighted by atomic mass is 9.95. The summed E-state index contributed by atoms with van der Waals surface area (Å²) in [6.45, 7) is 0.884. The molecule has 2 amide bonds. The minimum Gasteiger partial charge on any atom is -0.459 e. The highest BCUT2D eigenvalue weighted by Gasteiger charge is 2.32. The Labute approximate surface area is 192 Å². The van der Waals surface area contributed by atoms with Gasteiger partial charge in [-0.1, -0.05) is 0 Å². The van der Waals surface area contributed by atoms with Gasteiger partial charge in [-0.25, -0.2) is 21.6 Å². The predicted octanol–water partition coefficient (Wildman–Crippen LogP) is 1.24. The fraction of sp³-hybridized carbons (Fsp3) is 0.429. The van der Waals surface area contributed by atoms with Crippen LogP contribution in [0.15, 0.2) is 52.0 Å². The lowest BCUT2D eigenvalue weighted by molar-refractivity contribution is -0.121. The van der Waals surface area contributed by atoms with Gasteiger partial charge in [0.1, 0.15) is 0 Å². The number of hydrogen-bond donors (Lipinski definition) is 2. The number of benzene rings is 1. The summed E-state index contributed by atoms with van der Waals surface area (Å²) in [6, 6.07) is 8.35. The topological polar surface area (TPSA) is 143 Å². The fourth-order valence-corrected chi connectivity index (χ4v) is 7.09. The van der Waals surface area contributed by atoms with Crippen LogP contribution in [0.5, 0.6) is 0 Å². The average Bonchev–Trinajstić information content (AvgIpc) is 3.43. The Morgan fingerprint density at radius 2 is 1.73 bits per heavy atom. The zero-order valence-corrected chi connectivity index (χ0v) is 19.4. The summed E-state index contributed by atoms with van der Waals surface area (Å²) in [7, 11) is -7.07. The molecule has 1 aromatic heterocycles. The molecule has 2 aromatic rings. The third-order valence-electron chi connectivity index (χ3n) is 5.87. The van der Waals surface area contributed by atoms with Gasteiger partial charge in [-0.3, -0.25) is 9.59 Å². The van der Waals surface area contributed by atoms with Crippen molar-refractivity contribution in [3.63, 3.8) is 0 Å². The number of nitrogens with zero attached hydrogens (tertiary/aromatic N) is 1. The number of carbonyl (C=O) groups excluding carboxylic acids is 2. The number of piperidine rings is 1. The molecule has 12 heteroatoms. The number of carbonyl (C=O) groups is 2. The van der Waals surface area contributed by atoms with E-state index in [9.17, 15) is 26.4 Å². The molecule has 0 bridgehead atoms. The van der Waals surface area contributed by atoms with E-state index in [4.69, 9.17) is 4.42 Å². The van der Waals surface area contributed by atoms with Gasteiger partial charge in [-0.05, 0) is 55.7 Å². The van der Waals surface area contributed by atoms with Gasteiger partial charge in [-0.2, -0.15) is 0 Å². The molecular weight excluding hydrogens is 470 g/mol. The molecule has 2 fully saturated rings. The molecule has 33 heavy (non-hydrogen) atoms. The summed E-state index contributed by atoms with van der Waals surface area (Å²) in [5.41, 5.74) is 0.455. The largest absolute Gasteiger partial charge is 0.459 e. The highest BCUT2D eigenvalue weighted by Crippen LogP contribution is 2.22. The molecular formula is C21H25N3O7S2. The Morgan fingerprint density at radius 3 is 2.30 bits per heavy atom. The Balaban J connectivity index is 1.30. The first-order valence-electron chi connectivity index (χ1n) is 10.6. The molecule has 0 unspecified atom stereocenters. The number of likely N-dealkylation sites (tertiary alicyclic amines) is 1. The van der Waals surface area contributed by atoms with E-state index in [-0.39, 0.29) is 46.3 Å². The smallest absolute Gasteiger partial charge is 0.289 e. The number of anilines is 1. The molecule has 3 heterocycles. The SMILES string of the molecule is O=C(Nc1ccc(S(=O)(=O)N[C@@H]2CCS(=O)(=O)C2)cc1)C1CCN(C(=O)c2ccco2)CC1. The molecule has 1 atom stereocenters. The number of furan rings is 1. The van der Waals surface area contributed by atoms with Crippen LogP contribution in [0.3, 0.4) is 0 Å². The second-order valence-corrected chi connectivity index (χ2v) is 12.2. The first-order valence-corrected chi connectivity index (χ1v) is 13.9.